The first-order chi connectivity index (χ1) is 10.2. The van der Waals surface area contributed by atoms with E-state index in [1.807, 2.05) is 31.3 Å². The molecule has 21 heavy (non-hydrogen) atoms. The van der Waals surface area contributed by atoms with Gasteiger partial charge in [0.25, 0.3) is 0 Å². The Morgan fingerprint density at radius 1 is 1.29 bits per heavy atom. The van der Waals surface area contributed by atoms with Crippen molar-refractivity contribution in [2.24, 2.45) is 0 Å². The molecule has 2 rings (SSSR count). The van der Waals surface area contributed by atoms with Crippen LogP contribution in [0.5, 0.6) is 5.75 Å². The Morgan fingerprint density at radius 3 is 2.86 bits per heavy atom. The van der Waals surface area contributed by atoms with Gasteiger partial charge in [0.05, 0.1) is 6.54 Å². The molecule has 0 atom stereocenters. The summed E-state index contributed by atoms with van der Waals surface area (Å²) in [4.78, 5) is 4.40. The van der Waals surface area contributed by atoms with E-state index < -0.39 is 0 Å². The van der Waals surface area contributed by atoms with Crippen molar-refractivity contribution < 1.29 is 4.74 Å². The van der Waals surface area contributed by atoms with Gasteiger partial charge in [0.15, 0.2) is 0 Å². The van der Waals surface area contributed by atoms with E-state index in [4.69, 9.17) is 4.74 Å². The van der Waals surface area contributed by atoms with Crippen molar-refractivity contribution in [2.45, 2.75) is 6.54 Å². The van der Waals surface area contributed by atoms with Gasteiger partial charge in [0.2, 0.25) is 0 Å². The number of hydrogen-bond acceptors (Lipinski definition) is 4. The fourth-order valence-electron chi connectivity index (χ4n) is 2.27. The minimum absolute atomic E-state index is 0.814. The van der Waals surface area contributed by atoms with Gasteiger partial charge in [-0.15, -0.1) is 0 Å². The highest BCUT2D eigenvalue weighted by Crippen LogP contribution is 2.22. The Morgan fingerprint density at radius 2 is 2.10 bits per heavy atom. The number of likely N-dealkylation sites (N-methyl/N-ethyl adjacent to an activating group) is 1. The van der Waals surface area contributed by atoms with E-state index in [9.17, 15) is 0 Å². The topological polar surface area (TPSA) is 27.7 Å². The van der Waals surface area contributed by atoms with E-state index in [0.717, 1.165) is 37.7 Å². The van der Waals surface area contributed by atoms with Crippen LogP contribution in [0.1, 0.15) is 5.56 Å². The fourth-order valence-corrected chi connectivity index (χ4v) is 2.27. The molecule has 0 unspecified atom stereocenters. The van der Waals surface area contributed by atoms with Gasteiger partial charge in [-0.25, -0.2) is 0 Å². The van der Waals surface area contributed by atoms with Crippen LogP contribution in [-0.2, 0) is 6.54 Å². The summed E-state index contributed by atoms with van der Waals surface area (Å²) in [6.45, 7) is 3.64. The summed E-state index contributed by atoms with van der Waals surface area (Å²) in [7, 11) is 6.11. The lowest BCUT2D eigenvalue weighted by Gasteiger charge is -2.25. The molecule has 0 spiro atoms. The summed E-state index contributed by atoms with van der Waals surface area (Å²) in [6.07, 6.45) is 6.20. The molecular weight excluding hydrogens is 262 g/mol. The van der Waals surface area contributed by atoms with Crippen LogP contribution in [0.3, 0.4) is 0 Å². The molecule has 0 saturated carbocycles. The third-order valence-electron chi connectivity index (χ3n) is 3.29. The number of ether oxygens (including phenoxy) is 1. The van der Waals surface area contributed by atoms with Gasteiger partial charge in [-0.05, 0) is 45.6 Å². The molecule has 4 nitrogen and oxygen atoms in total. The van der Waals surface area contributed by atoms with Crippen LogP contribution in [0.15, 0.2) is 48.4 Å². The fraction of sp³-hybridized carbons (Fsp3) is 0.412. The van der Waals surface area contributed by atoms with Crippen LogP contribution < -0.4 is 10.1 Å². The van der Waals surface area contributed by atoms with Crippen molar-refractivity contribution in [1.82, 2.24) is 15.1 Å². The Labute approximate surface area is 127 Å². The number of rotatable bonds is 7. The van der Waals surface area contributed by atoms with Crippen LogP contribution in [0.2, 0.25) is 0 Å². The van der Waals surface area contributed by atoms with Crippen molar-refractivity contribution >= 4 is 0 Å². The maximum Gasteiger partial charge on any atom is 0.131 e. The highest BCUT2D eigenvalue weighted by Gasteiger charge is 2.11. The molecule has 1 heterocycles. The number of nitrogens with zero attached hydrogens (tertiary/aromatic N) is 2. The first kappa shape index (κ1) is 15.6. The Balaban J connectivity index is 2.01. The first-order valence-electron chi connectivity index (χ1n) is 7.35. The normalized spacial score (nSPS) is 14.5. The first-order valence-corrected chi connectivity index (χ1v) is 7.35. The zero-order valence-electron chi connectivity index (χ0n) is 13.2. The summed E-state index contributed by atoms with van der Waals surface area (Å²) in [5.41, 5.74) is 1.21. The zero-order chi connectivity index (χ0) is 15.1. The molecule has 0 aliphatic carbocycles. The summed E-state index contributed by atoms with van der Waals surface area (Å²) >= 11 is 0. The van der Waals surface area contributed by atoms with Crippen molar-refractivity contribution in [1.29, 1.82) is 0 Å². The molecule has 114 valence electrons. The molecule has 0 aromatic heterocycles. The van der Waals surface area contributed by atoms with Crippen molar-refractivity contribution in [3.63, 3.8) is 0 Å². The number of para-hydroxylation sites is 1. The lowest BCUT2D eigenvalue weighted by molar-refractivity contribution is 0.312. The smallest absolute Gasteiger partial charge is 0.131 e. The molecule has 1 aromatic rings. The lowest BCUT2D eigenvalue weighted by Crippen LogP contribution is -2.30. The van der Waals surface area contributed by atoms with Crippen LogP contribution in [-0.4, -0.2) is 50.6 Å². The minimum atomic E-state index is 0.814. The van der Waals surface area contributed by atoms with E-state index in [1.165, 1.54) is 5.56 Å². The van der Waals surface area contributed by atoms with Gasteiger partial charge < -0.3 is 19.9 Å². The van der Waals surface area contributed by atoms with Gasteiger partial charge >= 0.3 is 0 Å². The van der Waals surface area contributed by atoms with Crippen LogP contribution in [0.4, 0.5) is 0 Å². The minimum Gasteiger partial charge on any atom is -0.460 e. The van der Waals surface area contributed by atoms with Crippen LogP contribution >= 0.6 is 0 Å². The molecule has 0 radical (unpaired) electrons. The average Bonchev–Trinajstić information content (AvgIpc) is 2.47. The Kier molecular flexibility index (Phi) is 5.84. The molecule has 0 fully saturated rings. The third-order valence-corrected chi connectivity index (χ3v) is 3.29. The highest BCUT2D eigenvalue weighted by atomic mass is 16.5. The summed E-state index contributed by atoms with van der Waals surface area (Å²) < 4.78 is 6.12. The Hall–Kier alpha value is -1.78. The molecule has 1 N–H and O–H groups in total. The maximum atomic E-state index is 6.12. The lowest BCUT2D eigenvalue weighted by atomic mass is 10.2. The second-order valence-corrected chi connectivity index (χ2v) is 5.50. The molecule has 0 amide bonds. The average molecular weight is 287 g/mol. The molecule has 1 aromatic carbocycles. The van der Waals surface area contributed by atoms with Crippen molar-refractivity contribution in [3.8, 4) is 5.75 Å². The quantitative estimate of drug-likeness (QED) is 0.831. The monoisotopic (exact) mass is 287 g/mol. The summed E-state index contributed by atoms with van der Waals surface area (Å²) in [5, 5.41) is 3.17. The van der Waals surface area contributed by atoms with E-state index >= 15 is 0 Å². The second kappa shape index (κ2) is 7.86. The largest absolute Gasteiger partial charge is 0.460 e. The van der Waals surface area contributed by atoms with Crippen LogP contribution in [0, 0.1) is 0 Å². The summed E-state index contributed by atoms with van der Waals surface area (Å²) in [6, 6.07) is 8.23. The molecule has 0 bridgehead atoms. The molecule has 4 heteroatoms. The van der Waals surface area contributed by atoms with E-state index in [-0.39, 0.29) is 0 Å². The predicted octanol–water partition coefficient (Wildman–Crippen LogP) is 2.06. The van der Waals surface area contributed by atoms with E-state index in [2.05, 4.69) is 47.5 Å². The number of nitrogens with one attached hydrogen (secondary N) is 1. The number of benzene rings is 1. The van der Waals surface area contributed by atoms with Gasteiger partial charge in [0.1, 0.15) is 11.5 Å². The predicted molar refractivity (Wildman–Crippen MR) is 87.2 cm³/mol. The van der Waals surface area contributed by atoms with E-state index in [1.54, 1.807) is 0 Å². The van der Waals surface area contributed by atoms with Gasteiger partial charge in [-0.1, -0.05) is 18.2 Å². The SMILES string of the molecule is CNCCN1C=CC=C(Oc2ccccc2CN(C)C)C1. The summed E-state index contributed by atoms with van der Waals surface area (Å²) in [5.74, 6) is 1.93. The maximum absolute atomic E-state index is 6.12. The van der Waals surface area contributed by atoms with Gasteiger partial charge in [-0.2, -0.15) is 0 Å². The van der Waals surface area contributed by atoms with Gasteiger partial charge in [-0.3, -0.25) is 0 Å². The van der Waals surface area contributed by atoms with E-state index in [0.29, 0.717) is 0 Å². The Bertz CT molecular complexity index is 509. The molecule has 1 aliphatic heterocycles. The second-order valence-electron chi connectivity index (χ2n) is 5.50. The standard InChI is InChI=1S/C17H25N3O/c1-18-10-12-20-11-6-8-16(14-20)21-17-9-5-4-7-15(17)13-19(2)3/h4-9,11,18H,10,12-14H2,1-3H3. The molecular formula is C17H25N3O. The third kappa shape index (κ3) is 4.92. The molecule has 0 saturated heterocycles. The van der Waals surface area contributed by atoms with Gasteiger partial charge in [0, 0.05) is 25.2 Å². The van der Waals surface area contributed by atoms with Crippen LogP contribution in [0.25, 0.3) is 0 Å². The number of hydrogen-bond donors (Lipinski definition) is 1. The number of allylic oxidation sites excluding steroid dienone is 2. The highest BCUT2D eigenvalue weighted by molar-refractivity contribution is 5.35. The van der Waals surface area contributed by atoms with Crippen molar-refractivity contribution in [3.05, 3.63) is 53.9 Å². The molecule has 1 aliphatic rings. The van der Waals surface area contributed by atoms with Crippen molar-refractivity contribution in [2.75, 3.05) is 40.8 Å². The zero-order valence-corrected chi connectivity index (χ0v) is 13.2.